The largest absolute Gasteiger partial charge is 0.468 e. The van der Waals surface area contributed by atoms with Gasteiger partial charge in [-0.3, -0.25) is 0 Å². The zero-order chi connectivity index (χ0) is 35.8. The smallest absolute Gasteiger partial charge is 0.292 e. The first-order valence-corrected chi connectivity index (χ1v) is 19.3. The van der Waals surface area contributed by atoms with Crippen LogP contribution in [0.25, 0.3) is 11.0 Å². The molecule has 3 heterocycles. The number of anilines is 3. The fourth-order valence-corrected chi connectivity index (χ4v) is 10.0. The molecule has 4 heteroatoms. The predicted molar refractivity (Wildman–Crippen MR) is 218 cm³/mol. The molecule has 0 bridgehead atoms. The zero-order valence-corrected chi connectivity index (χ0v) is 32.4. The minimum absolute atomic E-state index is 0.0259. The van der Waals surface area contributed by atoms with Gasteiger partial charge in [0.25, 0.3) is 6.71 Å². The molecule has 0 amide bonds. The van der Waals surface area contributed by atoms with E-state index in [9.17, 15) is 0 Å². The van der Waals surface area contributed by atoms with Gasteiger partial charge in [0.1, 0.15) is 5.58 Å². The monoisotopic (exact) mass is 672 g/mol. The van der Waals surface area contributed by atoms with Crippen molar-refractivity contribution in [2.75, 3.05) is 9.80 Å². The van der Waals surface area contributed by atoms with Crippen LogP contribution in [0.5, 0.6) is 0 Å². The van der Waals surface area contributed by atoms with E-state index in [1.165, 1.54) is 85.3 Å². The van der Waals surface area contributed by atoms with E-state index in [1.807, 2.05) is 0 Å². The van der Waals surface area contributed by atoms with Gasteiger partial charge in [-0.1, -0.05) is 108 Å². The highest BCUT2D eigenvalue weighted by molar-refractivity contribution is 6.93. The van der Waals surface area contributed by atoms with Crippen LogP contribution in [0.4, 0.5) is 17.1 Å². The molecule has 4 aromatic rings. The van der Waals surface area contributed by atoms with Crippen LogP contribution in [-0.4, -0.2) is 18.8 Å². The molecule has 3 aliphatic carbocycles. The maximum Gasteiger partial charge on any atom is 0.292 e. The highest BCUT2D eigenvalue weighted by Gasteiger charge is 2.53. The molecule has 5 aliphatic rings. The Morgan fingerprint density at radius 3 is 2.25 bits per heavy atom. The van der Waals surface area contributed by atoms with Gasteiger partial charge in [0, 0.05) is 22.5 Å². The Labute approximate surface area is 305 Å². The summed E-state index contributed by atoms with van der Waals surface area (Å²) in [5.74, 6) is 0. The average Bonchev–Trinajstić information content (AvgIpc) is 3.45. The summed E-state index contributed by atoms with van der Waals surface area (Å²) in [5.41, 5.74) is 19.0. The van der Waals surface area contributed by atoms with E-state index in [2.05, 4.69) is 158 Å². The highest BCUT2D eigenvalue weighted by atomic mass is 16.3. The molecule has 0 saturated heterocycles. The molecule has 0 saturated carbocycles. The van der Waals surface area contributed by atoms with Crippen LogP contribution in [-0.2, 0) is 16.2 Å². The molecular weight excluding hydrogens is 619 g/mol. The molecule has 51 heavy (non-hydrogen) atoms. The number of fused-ring (bicyclic) bond motifs is 7. The summed E-state index contributed by atoms with van der Waals surface area (Å²) in [7, 11) is 0. The van der Waals surface area contributed by atoms with Crippen LogP contribution in [0.15, 0.2) is 106 Å². The lowest BCUT2D eigenvalue weighted by molar-refractivity contribution is 0.332. The van der Waals surface area contributed by atoms with Crippen molar-refractivity contribution >= 4 is 45.9 Å². The van der Waals surface area contributed by atoms with Crippen LogP contribution >= 0.6 is 0 Å². The Hall–Kier alpha value is -4.18. The standard InChI is InChI=1S/C47H53BN2O/c1-28-23-39-42-40(24-28)50(37-18-14-12-16-30(37)3)43-32-25-31(45(4,5)6)19-20-41(32)51-44(43)48(42)35-26-33-34(47(9,10)22-21-46(33,7)8)27-38(35)49(39)36-17-13-11-15-29(36)2/h11-16,18-20,23,25-27,36,40H,17,21-22,24H2,1-10H3/t36-,40?/m1/s1. The summed E-state index contributed by atoms with van der Waals surface area (Å²) in [5, 5.41) is 1.23. The van der Waals surface area contributed by atoms with Crippen molar-refractivity contribution in [3.63, 3.8) is 0 Å². The van der Waals surface area contributed by atoms with Crippen molar-refractivity contribution in [2.24, 2.45) is 0 Å². The maximum absolute atomic E-state index is 7.27. The van der Waals surface area contributed by atoms with E-state index >= 15 is 0 Å². The van der Waals surface area contributed by atoms with E-state index in [0.717, 1.165) is 24.1 Å². The van der Waals surface area contributed by atoms with Crippen molar-refractivity contribution in [1.29, 1.82) is 0 Å². The predicted octanol–water partition coefficient (Wildman–Crippen LogP) is 10.8. The second-order valence-corrected chi connectivity index (χ2v) is 18.6. The third-order valence-corrected chi connectivity index (χ3v) is 13.1. The Morgan fingerprint density at radius 1 is 0.824 bits per heavy atom. The van der Waals surface area contributed by atoms with Crippen LogP contribution < -0.4 is 20.9 Å². The Bertz CT molecular complexity index is 2270. The van der Waals surface area contributed by atoms with E-state index < -0.39 is 0 Å². The van der Waals surface area contributed by atoms with Gasteiger partial charge in [-0.05, 0) is 126 Å². The normalized spacial score (nSPS) is 23.1. The minimum atomic E-state index is 0.0259. The average molecular weight is 673 g/mol. The molecule has 0 radical (unpaired) electrons. The van der Waals surface area contributed by atoms with Crippen molar-refractivity contribution in [2.45, 2.75) is 123 Å². The molecule has 260 valence electrons. The second kappa shape index (κ2) is 10.9. The first-order chi connectivity index (χ1) is 24.2. The van der Waals surface area contributed by atoms with Gasteiger partial charge in [0.15, 0.2) is 0 Å². The van der Waals surface area contributed by atoms with Crippen LogP contribution in [0.2, 0.25) is 0 Å². The van der Waals surface area contributed by atoms with E-state index in [1.54, 1.807) is 0 Å². The van der Waals surface area contributed by atoms with Gasteiger partial charge >= 0.3 is 0 Å². The Balaban J connectivity index is 1.42. The van der Waals surface area contributed by atoms with Crippen LogP contribution in [0.1, 0.15) is 110 Å². The van der Waals surface area contributed by atoms with Crippen molar-refractivity contribution < 1.29 is 4.42 Å². The molecule has 1 unspecified atom stereocenters. The van der Waals surface area contributed by atoms with Crippen molar-refractivity contribution in [3.8, 4) is 0 Å². The Morgan fingerprint density at radius 2 is 1.55 bits per heavy atom. The molecule has 9 rings (SSSR count). The number of rotatable bonds is 2. The van der Waals surface area contributed by atoms with E-state index in [4.69, 9.17) is 4.42 Å². The van der Waals surface area contributed by atoms with Gasteiger partial charge in [0.2, 0.25) is 0 Å². The quantitative estimate of drug-likeness (QED) is 0.198. The second-order valence-electron chi connectivity index (χ2n) is 18.6. The van der Waals surface area contributed by atoms with Crippen LogP contribution in [0, 0.1) is 6.92 Å². The SMILES string of the molecule is CC1=CC2=C3B(c4cc5c(cc4N2[C@@H]2CC=CC=C2C)C(C)(C)CCC5(C)C)c2oc4ccc(C(C)(C)C)cc4c2N(c2ccccc2C)C3C1. The molecule has 3 aromatic carbocycles. The number of hydrogen-bond donors (Lipinski definition) is 0. The first kappa shape index (κ1) is 32.7. The highest BCUT2D eigenvalue weighted by Crippen LogP contribution is 2.52. The topological polar surface area (TPSA) is 19.6 Å². The van der Waals surface area contributed by atoms with E-state index in [-0.39, 0.29) is 35.0 Å². The number of hydrogen-bond acceptors (Lipinski definition) is 3. The number of aryl methyl sites for hydroxylation is 1. The number of allylic oxidation sites excluding steroid dienone is 3. The lowest BCUT2D eigenvalue weighted by Crippen LogP contribution is -2.62. The molecular formula is C47H53BN2O. The number of furan rings is 1. The summed E-state index contributed by atoms with van der Waals surface area (Å²) in [4.78, 5) is 5.44. The van der Waals surface area contributed by atoms with Gasteiger partial charge in [-0.15, -0.1) is 0 Å². The lowest BCUT2D eigenvalue weighted by Gasteiger charge is -2.52. The third-order valence-electron chi connectivity index (χ3n) is 13.1. The number of para-hydroxylation sites is 1. The van der Waals surface area contributed by atoms with E-state index in [0.29, 0.717) is 0 Å². The number of benzene rings is 3. The molecule has 1 aromatic heterocycles. The summed E-state index contributed by atoms with van der Waals surface area (Å²) >= 11 is 0. The lowest BCUT2D eigenvalue weighted by atomic mass is 9.32. The molecule has 0 fully saturated rings. The summed E-state index contributed by atoms with van der Waals surface area (Å²) in [6, 6.07) is 21.6. The fraction of sp³-hybridized carbons (Fsp3) is 0.404. The summed E-state index contributed by atoms with van der Waals surface area (Å²) in [6.07, 6.45) is 13.8. The fourth-order valence-electron chi connectivity index (χ4n) is 10.0. The van der Waals surface area contributed by atoms with Crippen LogP contribution in [0.3, 0.4) is 0 Å². The van der Waals surface area contributed by atoms with Gasteiger partial charge in [0.05, 0.1) is 23.4 Å². The third kappa shape index (κ3) is 4.77. The molecule has 0 spiro atoms. The summed E-state index contributed by atoms with van der Waals surface area (Å²) < 4.78 is 7.27. The molecule has 3 nitrogen and oxygen atoms in total. The van der Waals surface area contributed by atoms with Gasteiger partial charge in [-0.2, -0.15) is 0 Å². The van der Waals surface area contributed by atoms with Crippen molar-refractivity contribution in [1.82, 2.24) is 0 Å². The van der Waals surface area contributed by atoms with Gasteiger partial charge in [-0.25, -0.2) is 0 Å². The molecule has 0 N–H and O–H groups in total. The van der Waals surface area contributed by atoms with Gasteiger partial charge < -0.3 is 14.2 Å². The molecule has 2 atom stereocenters. The summed E-state index contributed by atoms with van der Waals surface area (Å²) in [6.45, 7) is 23.8. The number of nitrogens with zero attached hydrogens (tertiary/aromatic N) is 2. The minimum Gasteiger partial charge on any atom is -0.468 e. The maximum atomic E-state index is 7.27. The molecule has 2 aliphatic heterocycles. The van der Waals surface area contributed by atoms with Crippen molar-refractivity contribution in [3.05, 3.63) is 123 Å². The first-order valence-electron chi connectivity index (χ1n) is 19.3. The zero-order valence-electron chi connectivity index (χ0n) is 32.4. The Kier molecular flexibility index (Phi) is 7.00.